The smallest absolute Gasteiger partial charge is 0.233 e. The van der Waals surface area contributed by atoms with E-state index in [0.717, 1.165) is 12.8 Å². The predicted molar refractivity (Wildman–Crippen MR) is 134 cm³/mol. The van der Waals surface area contributed by atoms with Gasteiger partial charge in [0.05, 0.1) is 0 Å². The number of rotatable bonds is 19. The topological polar surface area (TPSA) is 78.4 Å². The van der Waals surface area contributed by atoms with Gasteiger partial charge in [-0.25, -0.2) is 0 Å². The molecule has 0 bridgehead atoms. The highest BCUT2D eigenvalue weighted by Crippen LogP contribution is 2.14. The Labute approximate surface area is 195 Å². The van der Waals surface area contributed by atoms with E-state index in [1.54, 1.807) is 12.1 Å². The van der Waals surface area contributed by atoms with Crippen molar-refractivity contribution in [3.05, 3.63) is 36.4 Å². The SMILES string of the molecule is CCCCCCCCC=CCCCCCCCCNC(=O)CC(=O)Nc1ccc(O)cc1. The normalized spacial score (nSPS) is 11.0. The lowest BCUT2D eigenvalue weighted by molar-refractivity contribution is -0.126. The zero-order valence-corrected chi connectivity index (χ0v) is 20.0. The number of hydrogen-bond acceptors (Lipinski definition) is 3. The van der Waals surface area contributed by atoms with E-state index in [1.165, 1.54) is 89.2 Å². The number of anilines is 1. The molecule has 3 N–H and O–H groups in total. The molecule has 2 amide bonds. The summed E-state index contributed by atoms with van der Waals surface area (Å²) >= 11 is 0. The zero-order valence-electron chi connectivity index (χ0n) is 20.0. The van der Waals surface area contributed by atoms with Crippen LogP contribution in [0.1, 0.15) is 103 Å². The molecule has 5 heteroatoms. The molecule has 0 fully saturated rings. The summed E-state index contributed by atoms with van der Waals surface area (Å²) in [4.78, 5) is 23.7. The van der Waals surface area contributed by atoms with Gasteiger partial charge in [0, 0.05) is 12.2 Å². The molecule has 32 heavy (non-hydrogen) atoms. The van der Waals surface area contributed by atoms with E-state index >= 15 is 0 Å². The molecule has 0 aliphatic heterocycles. The van der Waals surface area contributed by atoms with Gasteiger partial charge in [0.1, 0.15) is 12.2 Å². The molecule has 0 aliphatic rings. The largest absolute Gasteiger partial charge is 0.508 e. The minimum Gasteiger partial charge on any atom is -0.508 e. The number of aromatic hydroxyl groups is 1. The van der Waals surface area contributed by atoms with Gasteiger partial charge in [0.25, 0.3) is 0 Å². The summed E-state index contributed by atoms with van der Waals surface area (Å²) in [6, 6.07) is 6.17. The van der Waals surface area contributed by atoms with E-state index in [9.17, 15) is 14.7 Å². The first-order chi connectivity index (χ1) is 15.6. The fourth-order valence-electron chi connectivity index (χ4n) is 3.56. The van der Waals surface area contributed by atoms with Gasteiger partial charge in [0.15, 0.2) is 0 Å². The molecule has 0 atom stereocenters. The van der Waals surface area contributed by atoms with Crippen LogP contribution < -0.4 is 10.6 Å². The molecular weight excluding hydrogens is 400 g/mol. The Bertz CT molecular complexity index is 641. The number of benzene rings is 1. The summed E-state index contributed by atoms with van der Waals surface area (Å²) in [6.07, 6.45) is 22.2. The molecule has 5 nitrogen and oxygen atoms in total. The number of carbonyl (C=O) groups is 2. The Hall–Kier alpha value is -2.30. The van der Waals surface area contributed by atoms with Gasteiger partial charge in [-0.1, -0.05) is 76.9 Å². The third-order valence-corrected chi connectivity index (χ3v) is 5.48. The van der Waals surface area contributed by atoms with Crippen LogP contribution in [0.2, 0.25) is 0 Å². The quantitative estimate of drug-likeness (QED) is 0.0942. The molecule has 0 unspecified atom stereocenters. The molecule has 0 heterocycles. The maximum absolute atomic E-state index is 11.9. The Kier molecular flexibility index (Phi) is 16.8. The van der Waals surface area contributed by atoms with Crippen molar-refractivity contribution in [2.45, 2.75) is 103 Å². The van der Waals surface area contributed by atoms with Crippen molar-refractivity contribution in [3.63, 3.8) is 0 Å². The lowest BCUT2D eigenvalue weighted by atomic mass is 10.1. The van der Waals surface area contributed by atoms with E-state index in [-0.39, 0.29) is 24.0 Å². The fourth-order valence-corrected chi connectivity index (χ4v) is 3.56. The van der Waals surface area contributed by atoms with Gasteiger partial charge in [-0.2, -0.15) is 0 Å². The molecule has 0 aromatic heterocycles. The number of phenolic OH excluding ortho intramolecular Hbond substituents is 1. The molecule has 1 aromatic rings. The Morgan fingerprint density at radius 1 is 0.750 bits per heavy atom. The van der Waals surface area contributed by atoms with Crippen molar-refractivity contribution < 1.29 is 14.7 Å². The summed E-state index contributed by atoms with van der Waals surface area (Å²) in [5.41, 5.74) is 0.564. The fraction of sp³-hybridized carbons (Fsp3) is 0.630. The van der Waals surface area contributed by atoms with Gasteiger partial charge in [0.2, 0.25) is 11.8 Å². The van der Waals surface area contributed by atoms with E-state index in [0.29, 0.717) is 12.2 Å². The number of hydrogen-bond donors (Lipinski definition) is 3. The van der Waals surface area contributed by atoms with Crippen LogP contribution >= 0.6 is 0 Å². The van der Waals surface area contributed by atoms with E-state index in [1.807, 2.05) is 0 Å². The summed E-state index contributed by atoms with van der Waals surface area (Å²) in [6.45, 7) is 2.88. The second-order valence-electron chi connectivity index (χ2n) is 8.56. The highest BCUT2D eigenvalue weighted by Gasteiger charge is 2.09. The summed E-state index contributed by atoms with van der Waals surface area (Å²) in [7, 11) is 0. The van der Waals surface area contributed by atoms with E-state index in [4.69, 9.17) is 0 Å². The van der Waals surface area contributed by atoms with Gasteiger partial charge in [-0.3, -0.25) is 9.59 Å². The average Bonchev–Trinajstić information content (AvgIpc) is 2.77. The molecular formula is C27H44N2O3. The van der Waals surface area contributed by atoms with Crippen LogP contribution in [0.5, 0.6) is 5.75 Å². The van der Waals surface area contributed by atoms with Crippen LogP contribution in [0.3, 0.4) is 0 Å². The number of carbonyl (C=O) groups excluding carboxylic acids is 2. The number of phenols is 1. The highest BCUT2D eigenvalue weighted by molar-refractivity contribution is 6.03. The van der Waals surface area contributed by atoms with Crippen molar-refractivity contribution in [2.75, 3.05) is 11.9 Å². The van der Waals surface area contributed by atoms with E-state index < -0.39 is 0 Å². The minimum atomic E-state index is -0.353. The standard InChI is InChI=1S/C27H44N2O3/c1-2-3-4-5-6-7-8-9-10-11-12-13-14-15-16-17-22-28-26(31)23-27(32)29-24-18-20-25(30)21-19-24/h9-10,18-21,30H,2-8,11-17,22-23H2,1H3,(H,28,31)(H,29,32). The van der Waals surface area contributed by atoms with E-state index in [2.05, 4.69) is 29.7 Å². The second kappa shape index (κ2) is 19.4. The molecule has 180 valence electrons. The maximum atomic E-state index is 11.9. The van der Waals surface area contributed by atoms with Crippen molar-refractivity contribution in [1.29, 1.82) is 0 Å². The highest BCUT2D eigenvalue weighted by atomic mass is 16.3. The van der Waals surface area contributed by atoms with Crippen molar-refractivity contribution in [1.82, 2.24) is 5.32 Å². The second-order valence-corrected chi connectivity index (χ2v) is 8.56. The number of unbranched alkanes of at least 4 members (excludes halogenated alkanes) is 12. The minimum absolute atomic E-state index is 0.136. The Balaban J connectivity index is 1.87. The van der Waals surface area contributed by atoms with Gasteiger partial charge in [-0.15, -0.1) is 0 Å². The maximum Gasteiger partial charge on any atom is 0.233 e. The van der Waals surface area contributed by atoms with Crippen molar-refractivity contribution >= 4 is 17.5 Å². The number of amides is 2. The van der Waals surface area contributed by atoms with Crippen molar-refractivity contribution in [2.24, 2.45) is 0 Å². The first-order valence-corrected chi connectivity index (χ1v) is 12.6. The Morgan fingerprint density at radius 3 is 1.88 bits per heavy atom. The summed E-state index contributed by atoms with van der Waals surface area (Å²) in [5.74, 6) is -0.473. The third-order valence-electron chi connectivity index (χ3n) is 5.48. The first kappa shape index (κ1) is 27.7. The number of allylic oxidation sites excluding steroid dienone is 2. The zero-order chi connectivity index (χ0) is 23.3. The first-order valence-electron chi connectivity index (χ1n) is 12.6. The molecule has 0 saturated heterocycles. The van der Waals surface area contributed by atoms with Crippen molar-refractivity contribution in [3.8, 4) is 5.75 Å². The van der Waals surface area contributed by atoms with Crippen LogP contribution in [0.15, 0.2) is 36.4 Å². The Morgan fingerprint density at radius 2 is 1.28 bits per heavy atom. The average molecular weight is 445 g/mol. The predicted octanol–water partition coefficient (Wildman–Crippen LogP) is 6.87. The molecule has 1 aromatic carbocycles. The summed E-state index contributed by atoms with van der Waals surface area (Å²) < 4.78 is 0. The number of nitrogens with one attached hydrogen (secondary N) is 2. The van der Waals surface area contributed by atoms with Crippen LogP contribution in [-0.2, 0) is 9.59 Å². The molecule has 1 rings (SSSR count). The molecule has 0 spiro atoms. The van der Waals surface area contributed by atoms with Gasteiger partial charge in [-0.05, 0) is 56.4 Å². The molecule has 0 saturated carbocycles. The molecule has 0 radical (unpaired) electrons. The van der Waals surface area contributed by atoms with Crippen LogP contribution in [0.25, 0.3) is 0 Å². The lowest BCUT2D eigenvalue weighted by Crippen LogP contribution is -2.28. The van der Waals surface area contributed by atoms with Crippen LogP contribution in [-0.4, -0.2) is 23.5 Å². The van der Waals surface area contributed by atoms with Gasteiger partial charge >= 0.3 is 0 Å². The summed E-state index contributed by atoms with van der Waals surface area (Å²) in [5, 5.41) is 14.7. The van der Waals surface area contributed by atoms with Crippen LogP contribution in [0.4, 0.5) is 5.69 Å². The lowest BCUT2D eigenvalue weighted by Gasteiger charge is -2.07. The van der Waals surface area contributed by atoms with Crippen LogP contribution in [0, 0.1) is 0 Å². The monoisotopic (exact) mass is 444 g/mol. The van der Waals surface area contributed by atoms with Gasteiger partial charge < -0.3 is 15.7 Å². The molecule has 0 aliphatic carbocycles. The third kappa shape index (κ3) is 16.4.